The number of aliphatic hydroxyl groups is 1. The van der Waals surface area contributed by atoms with Crippen molar-refractivity contribution in [1.82, 2.24) is 9.55 Å². The van der Waals surface area contributed by atoms with Crippen molar-refractivity contribution in [3.63, 3.8) is 0 Å². The highest BCUT2D eigenvalue weighted by atomic mass is 16.3. The van der Waals surface area contributed by atoms with Gasteiger partial charge in [0.2, 0.25) is 0 Å². The molecule has 1 N–H and O–H groups in total. The van der Waals surface area contributed by atoms with Crippen LogP contribution >= 0.6 is 0 Å². The standard InChI is InChI=1S/C15H18N2O/c1-2-5-14-16-8-9-17(14)13-10-11-6-3-4-7-12(11)15(13)18/h3-4,6-9,13,15,18H,2,5,10H2,1H3. The summed E-state index contributed by atoms with van der Waals surface area (Å²) in [6.07, 6.45) is 6.35. The van der Waals surface area contributed by atoms with Crippen LogP contribution in [0.2, 0.25) is 0 Å². The molecule has 3 heteroatoms. The maximum Gasteiger partial charge on any atom is 0.108 e. The number of imidazole rings is 1. The summed E-state index contributed by atoms with van der Waals surface area (Å²) in [5, 5.41) is 10.5. The van der Waals surface area contributed by atoms with Gasteiger partial charge in [0.05, 0.1) is 6.04 Å². The van der Waals surface area contributed by atoms with Crippen LogP contribution in [0, 0.1) is 0 Å². The molecule has 1 aliphatic carbocycles. The van der Waals surface area contributed by atoms with Gasteiger partial charge in [0, 0.05) is 18.8 Å². The third-order valence-electron chi connectivity index (χ3n) is 3.75. The number of nitrogens with zero attached hydrogens (tertiary/aromatic N) is 2. The Bertz CT molecular complexity index is 547. The first-order valence-electron chi connectivity index (χ1n) is 6.59. The minimum Gasteiger partial charge on any atom is -0.386 e. The van der Waals surface area contributed by atoms with E-state index in [0.29, 0.717) is 0 Å². The molecule has 2 atom stereocenters. The van der Waals surface area contributed by atoms with Gasteiger partial charge in [0.25, 0.3) is 0 Å². The lowest BCUT2D eigenvalue weighted by atomic mass is 10.1. The molecule has 1 aromatic carbocycles. The minimum atomic E-state index is -0.411. The molecule has 2 aromatic rings. The van der Waals surface area contributed by atoms with Crippen LogP contribution in [0.1, 0.15) is 42.4 Å². The van der Waals surface area contributed by atoms with Crippen molar-refractivity contribution >= 4 is 0 Å². The van der Waals surface area contributed by atoms with Crippen molar-refractivity contribution in [2.75, 3.05) is 0 Å². The second-order valence-corrected chi connectivity index (χ2v) is 4.92. The van der Waals surface area contributed by atoms with Gasteiger partial charge in [-0.05, 0) is 24.0 Å². The number of hydrogen-bond donors (Lipinski definition) is 1. The fraction of sp³-hybridized carbons (Fsp3) is 0.400. The molecule has 1 heterocycles. The molecule has 1 aromatic heterocycles. The van der Waals surface area contributed by atoms with E-state index in [2.05, 4.69) is 22.5 Å². The van der Waals surface area contributed by atoms with Gasteiger partial charge >= 0.3 is 0 Å². The topological polar surface area (TPSA) is 38.0 Å². The third kappa shape index (κ3) is 1.75. The average molecular weight is 242 g/mol. The maximum absolute atomic E-state index is 10.5. The van der Waals surface area contributed by atoms with E-state index in [1.54, 1.807) is 0 Å². The fourth-order valence-corrected chi connectivity index (χ4v) is 2.87. The SMILES string of the molecule is CCCc1nccn1C1Cc2ccccc2C1O. The lowest BCUT2D eigenvalue weighted by molar-refractivity contribution is 0.126. The number of aryl methyl sites for hydroxylation is 1. The lowest BCUT2D eigenvalue weighted by Crippen LogP contribution is -2.16. The quantitative estimate of drug-likeness (QED) is 0.898. The second kappa shape index (κ2) is 4.58. The zero-order valence-electron chi connectivity index (χ0n) is 10.6. The summed E-state index contributed by atoms with van der Waals surface area (Å²) in [5.41, 5.74) is 2.32. The summed E-state index contributed by atoms with van der Waals surface area (Å²) >= 11 is 0. The normalized spacial score (nSPS) is 22.1. The van der Waals surface area contributed by atoms with Crippen LogP contribution in [0.5, 0.6) is 0 Å². The van der Waals surface area contributed by atoms with E-state index in [1.165, 1.54) is 5.56 Å². The van der Waals surface area contributed by atoms with Crippen LogP contribution in [0.15, 0.2) is 36.7 Å². The molecule has 0 saturated heterocycles. The monoisotopic (exact) mass is 242 g/mol. The Kier molecular flexibility index (Phi) is 2.92. The Balaban J connectivity index is 1.94. The number of fused-ring (bicyclic) bond motifs is 1. The Labute approximate surface area is 107 Å². The molecule has 0 radical (unpaired) electrons. The highest BCUT2D eigenvalue weighted by Crippen LogP contribution is 2.39. The van der Waals surface area contributed by atoms with Gasteiger partial charge in [0.15, 0.2) is 0 Å². The van der Waals surface area contributed by atoms with E-state index in [9.17, 15) is 5.11 Å². The van der Waals surface area contributed by atoms with Crippen molar-refractivity contribution in [2.24, 2.45) is 0 Å². The first-order valence-corrected chi connectivity index (χ1v) is 6.59. The number of benzene rings is 1. The number of rotatable bonds is 3. The van der Waals surface area contributed by atoms with Crippen molar-refractivity contribution < 1.29 is 5.11 Å². The summed E-state index contributed by atoms with van der Waals surface area (Å²) in [5.74, 6) is 1.08. The van der Waals surface area contributed by atoms with E-state index >= 15 is 0 Å². The smallest absolute Gasteiger partial charge is 0.108 e. The molecule has 1 aliphatic rings. The average Bonchev–Trinajstić information content (AvgIpc) is 2.96. The zero-order chi connectivity index (χ0) is 12.5. The van der Waals surface area contributed by atoms with Crippen molar-refractivity contribution in [2.45, 2.75) is 38.3 Å². The summed E-state index contributed by atoms with van der Waals surface area (Å²) in [6.45, 7) is 2.15. The molecular formula is C15H18N2O. The zero-order valence-corrected chi connectivity index (χ0v) is 10.6. The van der Waals surface area contributed by atoms with Gasteiger partial charge in [-0.25, -0.2) is 4.98 Å². The molecule has 3 rings (SSSR count). The van der Waals surface area contributed by atoms with Gasteiger partial charge in [0.1, 0.15) is 11.9 Å². The van der Waals surface area contributed by atoms with Crippen LogP contribution in [0.4, 0.5) is 0 Å². The van der Waals surface area contributed by atoms with Gasteiger partial charge in [-0.2, -0.15) is 0 Å². The Hall–Kier alpha value is -1.61. The van der Waals surface area contributed by atoms with Crippen LogP contribution < -0.4 is 0 Å². The number of aliphatic hydroxyl groups excluding tert-OH is 1. The summed E-state index contributed by atoms with van der Waals surface area (Å²) in [4.78, 5) is 4.40. The number of aromatic nitrogens is 2. The van der Waals surface area contributed by atoms with Gasteiger partial charge in [-0.1, -0.05) is 31.2 Å². The molecule has 18 heavy (non-hydrogen) atoms. The molecule has 94 valence electrons. The largest absolute Gasteiger partial charge is 0.386 e. The van der Waals surface area contributed by atoms with E-state index in [1.807, 2.05) is 30.6 Å². The van der Waals surface area contributed by atoms with Crippen molar-refractivity contribution in [1.29, 1.82) is 0 Å². The third-order valence-corrected chi connectivity index (χ3v) is 3.75. The van der Waals surface area contributed by atoms with Crippen LogP contribution in [-0.4, -0.2) is 14.7 Å². The molecule has 3 nitrogen and oxygen atoms in total. The first kappa shape index (κ1) is 11.5. The molecule has 0 bridgehead atoms. The first-order chi connectivity index (χ1) is 8.81. The molecule has 0 amide bonds. The van der Waals surface area contributed by atoms with Crippen LogP contribution in [-0.2, 0) is 12.8 Å². The molecule has 0 spiro atoms. The Morgan fingerprint density at radius 1 is 1.39 bits per heavy atom. The predicted octanol–water partition coefficient (Wildman–Crippen LogP) is 2.67. The highest BCUT2D eigenvalue weighted by molar-refractivity contribution is 5.35. The Morgan fingerprint density at radius 2 is 2.22 bits per heavy atom. The fourth-order valence-electron chi connectivity index (χ4n) is 2.87. The summed E-state index contributed by atoms with van der Waals surface area (Å²) in [6, 6.07) is 8.26. The maximum atomic E-state index is 10.5. The number of hydrogen-bond acceptors (Lipinski definition) is 2. The second-order valence-electron chi connectivity index (χ2n) is 4.92. The minimum absolute atomic E-state index is 0.103. The van der Waals surface area contributed by atoms with E-state index in [-0.39, 0.29) is 6.04 Å². The van der Waals surface area contributed by atoms with Crippen molar-refractivity contribution in [3.8, 4) is 0 Å². The molecule has 0 aliphatic heterocycles. The van der Waals surface area contributed by atoms with Gasteiger partial charge in [-0.3, -0.25) is 0 Å². The summed E-state index contributed by atoms with van der Waals surface area (Å²) in [7, 11) is 0. The van der Waals surface area contributed by atoms with Crippen molar-refractivity contribution in [3.05, 3.63) is 53.6 Å². The Morgan fingerprint density at radius 3 is 3.00 bits per heavy atom. The molecule has 0 fully saturated rings. The molecule has 2 unspecified atom stereocenters. The van der Waals surface area contributed by atoms with E-state index < -0.39 is 6.10 Å². The summed E-state index contributed by atoms with van der Waals surface area (Å²) < 4.78 is 2.15. The molecule has 0 saturated carbocycles. The predicted molar refractivity (Wildman–Crippen MR) is 70.4 cm³/mol. The van der Waals surface area contributed by atoms with E-state index in [4.69, 9.17) is 0 Å². The highest BCUT2D eigenvalue weighted by Gasteiger charge is 2.32. The molecular weight excluding hydrogens is 224 g/mol. The van der Waals surface area contributed by atoms with Gasteiger partial charge in [-0.15, -0.1) is 0 Å². The van der Waals surface area contributed by atoms with Gasteiger partial charge < -0.3 is 9.67 Å². The van der Waals surface area contributed by atoms with Crippen LogP contribution in [0.3, 0.4) is 0 Å². The van der Waals surface area contributed by atoms with E-state index in [0.717, 1.165) is 30.7 Å². The van der Waals surface area contributed by atoms with Crippen LogP contribution in [0.25, 0.3) is 0 Å². The lowest BCUT2D eigenvalue weighted by Gasteiger charge is -2.19.